The zero-order valence-corrected chi connectivity index (χ0v) is 26.8. The van der Waals surface area contributed by atoms with Crippen molar-refractivity contribution >= 4 is 0 Å². The van der Waals surface area contributed by atoms with Crippen LogP contribution < -0.4 is 17.3 Å². The first-order valence-electron chi connectivity index (χ1n) is 17.7. The van der Waals surface area contributed by atoms with Crippen molar-refractivity contribution in [2.45, 2.75) is 200 Å². The van der Waals surface area contributed by atoms with E-state index in [2.05, 4.69) is 13.8 Å². The lowest BCUT2D eigenvalue weighted by Gasteiger charge is -2.30. The molecule has 0 aromatic rings. The first-order valence-corrected chi connectivity index (χ1v) is 17.7. The van der Waals surface area contributed by atoms with Gasteiger partial charge in [0.2, 0.25) is 0 Å². The summed E-state index contributed by atoms with van der Waals surface area (Å²) in [5.74, 6) is 1.04. The average molecular weight is 542 g/mol. The summed E-state index contributed by atoms with van der Waals surface area (Å²) >= 11 is 0. The van der Waals surface area contributed by atoms with E-state index in [1.165, 1.54) is 206 Å². The quantitative estimate of drug-likeness (QED) is 0.0961. The molecule has 1 nitrogen and oxygen atoms in total. The summed E-state index contributed by atoms with van der Waals surface area (Å²) in [6.45, 7) is 9.05. The normalized spacial score (nSPS) is 17.7. The Labute approximate surface area is 242 Å². The van der Waals surface area contributed by atoms with Gasteiger partial charge in [0, 0.05) is 5.92 Å². The van der Waals surface area contributed by atoms with E-state index >= 15 is 0 Å². The van der Waals surface area contributed by atoms with E-state index in [0.29, 0.717) is 0 Å². The Hall–Kier alpha value is 0.250. The average Bonchev–Trinajstić information content (AvgIpc) is 2.90. The van der Waals surface area contributed by atoms with Gasteiger partial charge in [-0.3, -0.25) is 0 Å². The van der Waals surface area contributed by atoms with Gasteiger partial charge in [-0.15, -0.1) is 0 Å². The Morgan fingerprint density at radius 3 is 1.22 bits per heavy atom. The second-order valence-corrected chi connectivity index (χ2v) is 12.7. The van der Waals surface area contributed by atoms with E-state index in [-0.39, 0.29) is 12.4 Å². The smallest absolute Gasteiger partial charge is 0.0799 e. The topological polar surface area (TPSA) is 4.44 Å². The Morgan fingerprint density at radius 1 is 0.459 bits per heavy atom. The molecule has 37 heavy (non-hydrogen) atoms. The summed E-state index contributed by atoms with van der Waals surface area (Å²) in [6.07, 6.45) is 43.0. The van der Waals surface area contributed by atoms with Crippen LogP contribution in [-0.2, 0) is 0 Å². The molecular formula is C35H72ClN. The van der Waals surface area contributed by atoms with Gasteiger partial charge in [0.15, 0.2) is 0 Å². The van der Waals surface area contributed by atoms with Crippen LogP contribution in [0.4, 0.5) is 0 Å². The summed E-state index contributed by atoms with van der Waals surface area (Å²) < 4.78 is 0. The predicted molar refractivity (Wildman–Crippen MR) is 164 cm³/mol. The molecule has 0 radical (unpaired) electrons. The largest absolute Gasteiger partial charge is 1.00 e. The number of hydrogen-bond acceptors (Lipinski definition) is 0. The minimum Gasteiger partial charge on any atom is -1.00 e. The molecule has 0 aliphatic carbocycles. The van der Waals surface area contributed by atoms with Crippen LogP contribution in [0.15, 0.2) is 0 Å². The molecule has 224 valence electrons. The van der Waals surface area contributed by atoms with E-state index < -0.39 is 0 Å². The molecule has 0 aromatic carbocycles. The van der Waals surface area contributed by atoms with Gasteiger partial charge in [-0.25, -0.2) is 0 Å². The third kappa shape index (κ3) is 26.2. The van der Waals surface area contributed by atoms with Crippen molar-refractivity contribution in [3.05, 3.63) is 0 Å². The minimum absolute atomic E-state index is 0. The van der Waals surface area contributed by atoms with Crippen LogP contribution in [0.3, 0.4) is 0 Å². The maximum Gasteiger partial charge on any atom is 0.0799 e. The molecule has 1 N–H and O–H groups in total. The number of halogens is 1. The third-order valence-electron chi connectivity index (χ3n) is 9.07. The van der Waals surface area contributed by atoms with Crippen molar-refractivity contribution in [1.82, 2.24) is 0 Å². The molecular weight excluding hydrogens is 470 g/mol. The van der Waals surface area contributed by atoms with Gasteiger partial charge >= 0.3 is 0 Å². The molecule has 0 spiro atoms. The number of unbranched alkanes of at least 4 members (excludes halogenated alkanes) is 24. The van der Waals surface area contributed by atoms with E-state index in [4.69, 9.17) is 0 Å². The fraction of sp³-hybridized carbons (Fsp3) is 1.00. The number of quaternary nitrogens is 1. The second kappa shape index (κ2) is 30.8. The minimum atomic E-state index is 0. The van der Waals surface area contributed by atoms with Gasteiger partial charge in [0.05, 0.1) is 19.6 Å². The summed E-state index contributed by atoms with van der Waals surface area (Å²) in [5.41, 5.74) is 0. The van der Waals surface area contributed by atoms with E-state index in [0.717, 1.165) is 5.92 Å². The highest BCUT2D eigenvalue weighted by atomic mass is 35.5. The molecule has 1 aliphatic rings. The van der Waals surface area contributed by atoms with Crippen molar-refractivity contribution in [2.75, 3.05) is 19.6 Å². The van der Waals surface area contributed by atoms with E-state index in [1.807, 2.05) is 4.90 Å². The molecule has 0 saturated carbocycles. The first kappa shape index (κ1) is 37.2. The van der Waals surface area contributed by atoms with Crippen LogP contribution in [0.2, 0.25) is 0 Å². The van der Waals surface area contributed by atoms with Crippen LogP contribution in [0.1, 0.15) is 200 Å². The Morgan fingerprint density at radius 2 is 0.811 bits per heavy atom. The predicted octanol–water partition coefficient (Wildman–Crippen LogP) is 7.86. The Kier molecular flexibility index (Phi) is 31.0. The van der Waals surface area contributed by atoms with Crippen molar-refractivity contribution in [1.29, 1.82) is 0 Å². The van der Waals surface area contributed by atoms with Crippen molar-refractivity contribution in [3.8, 4) is 0 Å². The number of likely N-dealkylation sites (tertiary alicyclic amines) is 1. The number of piperidine rings is 1. The van der Waals surface area contributed by atoms with Crippen LogP contribution in [0.5, 0.6) is 0 Å². The molecule has 1 rings (SSSR count). The maximum atomic E-state index is 2.31. The molecule has 1 fully saturated rings. The zero-order valence-electron chi connectivity index (χ0n) is 26.1. The lowest BCUT2D eigenvalue weighted by molar-refractivity contribution is -0.909. The SMILES string of the molecule is CCCCCCCCCCCCCCCC1CCC[NH+](CCCCCCCCCCCCCCC)C1.[Cl-]. The van der Waals surface area contributed by atoms with Gasteiger partial charge in [0.1, 0.15) is 0 Å². The number of hydrogen-bond donors (Lipinski definition) is 1. The highest BCUT2D eigenvalue weighted by Crippen LogP contribution is 2.18. The third-order valence-corrected chi connectivity index (χ3v) is 9.07. The van der Waals surface area contributed by atoms with Crippen molar-refractivity contribution in [2.24, 2.45) is 5.92 Å². The fourth-order valence-corrected chi connectivity index (χ4v) is 6.57. The molecule has 2 unspecified atom stereocenters. The van der Waals surface area contributed by atoms with Crippen LogP contribution >= 0.6 is 0 Å². The molecule has 0 aromatic heterocycles. The Balaban J connectivity index is 0.0000130. The van der Waals surface area contributed by atoms with E-state index in [9.17, 15) is 0 Å². The zero-order chi connectivity index (χ0) is 25.8. The number of rotatable bonds is 28. The van der Waals surface area contributed by atoms with Crippen LogP contribution in [0, 0.1) is 5.92 Å². The lowest BCUT2D eigenvalue weighted by atomic mass is 9.92. The van der Waals surface area contributed by atoms with Crippen molar-refractivity contribution in [3.63, 3.8) is 0 Å². The van der Waals surface area contributed by atoms with Gasteiger partial charge in [-0.05, 0) is 32.1 Å². The Bertz CT molecular complexity index is 376. The molecule has 2 heteroatoms. The van der Waals surface area contributed by atoms with Gasteiger partial charge in [-0.2, -0.15) is 0 Å². The number of nitrogens with one attached hydrogen (secondary N) is 1. The summed E-state index contributed by atoms with van der Waals surface area (Å²) in [4.78, 5) is 1.95. The van der Waals surface area contributed by atoms with Gasteiger partial charge in [-0.1, -0.05) is 168 Å². The standard InChI is InChI=1S/C35H71N.ClH/c1-3-5-7-9-11-13-15-17-19-21-23-25-27-30-35-31-29-33-36(34-35)32-28-26-24-22-20-18-16-14-12-10-8-6-4-2;/h35H,3-34H2,1-2H3;1H. The van der Waals surface area contributed by atoms with Gasteiger partial charge in [0.25, 0.3) is 0 Å². The van der Waals surface area contributed by atoms with Crippen molar-refractivity contribution < 1.29 is 17.3 Å². The molecule has 0 bridgehead atoms. The molecule has 1 aliphatic heterocycles. The lowest BCUT2D eigenvalue weighted by Crippen LogP contribution is -3.13. The highest BCUT2D eigenvalue weighted by Gasteiger charge is 2.22. The second-order valence-electron chi connectivity index (χ2n) is 12.7. The summed E-state index contributed by atoms with van der Waals surface area (Å²) in [5, 5.41) is 0. The van der Waals surface area contributed by atoms with Crippen LogP contribution in [0.25, 0.3) is 0 Å². The summed E-state index contributed by atoms with van der Waals surface area (Å²) in [7, 11) is 0. The monoisotopic (exact) mass is 542 g/mol. The summed E-state index contributed by atoms with van der Waals surface area (Å²) in [6, 6.07) is 0. The molecule has 0 amide bonds. The maximum absolute atomic E-state index is 2.31. The van der Waals surface area contributed by atoms with Gasteiger partial charge < -0.3 is 17.3 Å². The molecule has 1 heterocycles. The first-order chi connectivity index (χ1) is 17.9. The molecule has 1 saturated heterocycles. The molecule has 2 atom stereocenters. The van der Waals surface area contributed by atoms with E-state index in [1.54, 1.807) is 0 Å². The van der Waals surface area contributed by atoms with Crippen LogP contribution in [-0.4, -0.2) is 19.6 Å². The highest BCUT2D eigenvalue weighted by molar-refractivity contribution is 4.63. The fourth-order valence-electron chi connectivity index (χ4n) is 6.57.